The molecule has 0 aromatic carbocycles. The third-order valence-electron chi connectivity index (χ3n) is 2.55. The molecule has 16 heavy (non-hydrogen) atoms. The molecule has 0 saturated carbocycles. The zero-order valence-corrected chi connectivity index (χ0v) is 11.3. The van der Waals surface area contributed by atoms with Crippen molar-refractivity contribution in [1.82, 2.24) is 15.8 Å². The standard InChI is InChI=1S/C11H12IN3O/c1-6-5-13-15-10(6)8-3-4-9(11(12)16)14-7(8)2/h3-4,13,15H,5H2,1-2H3. The van der Waals surface area contributed by atoms with Crippen LogP contribution in [0, 0.1) is 6.92 Å². The van der Waals surface area contributed by atoms with Crippen LogP contribution in [-0.4, -0.2) is 15.3 Å². The van der Waals surface area contributed by atoms with Crippen LogP contribution in [0.25, 0.3) is 5.70 Å². The van der Waals surface area contributed by atoms with Crippen LogP contribution >= 0.6 is 22.6 Å². The fourth-order valence-electron chi connectivity index (χ4n) is 1.69. The number of carbonyl (C=O) groups excluding carboxylic acids is 1. The summed E-state index contributed by atoms with van der Waals surface area (Å²) >= 11 is 1.75. The van der Waals surface area contributed by atoms with Gasteiger partial charge in [0.25, 0.3) is 0 Å². The summed E-state index contributed by atoms with van der Waals surface area (Å²) in [5.41, 5.74) is 10.9. The SMILES string of the molecule is CC1=C(c2ccc(C(=O)I)nc2C)NNC1. The van der Waals surface area contributed by atoms with Gasteiger partial charge in [-0.1, -0.05) is 0 Å². The summed E-state index contributed by atoms with van der Waals surface area (Å²) in [5, 5.41) is 0. The molecule has 0 atom stereocenters. The summed E-state index contributed by atoms with van der Waals surface area (Å²) in [6, 6.07) is 3.70. The van der Waals surface area contributed by atoms with E-state index in [1.54, 1.807) is 28.7 Å². The first kappa shape index (κ1) is 11.5. The van der Waals surface area contributed by atoms with Gasteiger partial charge in [-0.05, 0) is 31.6 Å². The second-order valence-corrected chi connectivity index (χ2v) is 4.72. The van der Waals surface area contributed by atoms with Gasteiger partial charge in [0.05, 0.1) is 5.70 Å². The van der Waals surface area contributed by atoms with Crippen molar-refractivity contribution in [2.75, 3.05) is 6.54 Å². The molecule has 0 saturated heterocycles. The van der Waals surface area contributed by atoms with E-state index < -0.39 is 0 Å². The van der Waals surface area contributed by atoms with Crippen LogP contribution in [0.3, 0.4) is 0 Å². The van der Waals surface area contributed by atoms with Crippen LogP contribution in [0.5, 0.6) is 0 Å². The highest BCUT2D eigenvalue weighted by Gasteiger charge is 2.15. The number of carbonyl (C=O) groups is 1. The van der Waals surface area contributed by atoms with Crippen molar-refractivity contribution in [1.29, 1.82) is 0 Å². The van der Waals surface area contributed by atoms with Crippen LogP contribution in [-0.2, 0) is 0 Å². The van der Waals surface area contributed by atoms with Crippen molar-refractivity contribution in [2.24, 2.45) is 0 Å². The average Bonchev–Trinajstić information content (AvgIpc) is 2.64. The molecule has 0 aliphatic carbocycles. The van der Waals surface area contributed by atoms with Crippen molar-refractivity contribution in [2.45, 2.75) is 13.8 Å². The fourth-order valence-corrected chi connectivity index (χ4v) is 1.99. The molecular weight excluding hydrogens is 317 g/mol. The number of pyridine rings is 1. The summed E-state index contributed by atoms with van der Waals surface area (Å²) in [5.74, 6) is 0. The van der Waals surface area contributed by atoms with E-state index in [4.69, 9.17) is 0 Å². The highest BCUT2D eigenvalue weighted by atomic mass is 127. The van der Waals surface area contributed by atoms with Gasteiger partial charge in [-0.3, -0.25) is 4.79 Å². The van der Waals surface area contributed by atoms with Gasteiger partial charge in [-0.2, -0.15) is 0 Å². The zero-order valence-electron chi connectivity index (χ0n) is 9.10. The smallest absolute Gasteiger partial charge is 0.240 e. The monoisotopic (exact) mass is 329 g/mol. The first-order chi connectivity index (χ1) is 7.59. The Morgan fingerprint density at radius 2 is 2.19 bits per heavy atom. The van der Waals surface area contributed by atoms with E-state index in [0.29, 0.717) is 5.69 Å². The number of nitrogens with zero attached hydrogens (tertiary/aromatic N) is 1. The molecule has 0 bridgehead atoms. The third kappa shape index (κ3) is 2.10. The number of aromatic nitrogens is 1. The molecule has 2 N–H and O–H groups in total. The van der Waals surface area contributed by atoms with Gasteiger partial charge in [0, 0.05) is 40.4 Å². The van der Waals surface area contributed by atoms with Crippen LogP contribution < -0.4 is 10.9 Å². The largest absolute Gasteiger partial charge is 0.321 e. The van der Waals surface area contributed by atoms with Crippen molar-refractivity contribution >= 4 is 32.1 Å². The topological polar surface area (TPSA) is 54.0 Å². The Hall–Kier alpha value is -0.950. The van der Waals surface area contributed by atoms with E-state index in [9.17, 15) is 4.79 Å². The van der Waals surface area contributed by atoms with Crippen LogP contribution in [0.2, 0.25) is 0 Å². The Morgan fingerprint density at radius 1 is 1.44 bits per heavy atom. The molecule has 5 heteroatoms. The summed E-state index contributed by atoms with van der Waals surface area (Å²) in [6.07, 6.45) is 0. The van der Waals surface area contributed by atoms with Crippen LogP contribution in [0.15, 0.2) is 17.7 Å². The number of hydrogen-bond acceptors (Lipinski definition) is 4. The lowest BCUT2D eigenvalue weighted by Gasteiger charge is -2.08. The van der Waals surface area contributed by atoms with Gasteiger partial charge < -0.3 is 5.43 Å². The molecule has 0 radical (unpaired) electrons. The molecule has 1 aliphatic heterocycles. The molecule has 1 aromatic rings. The van der Waals surface area contributed by atoms with E-state index in [1.165, 1.54) is 5.57 Å². The third-order valence-corrected chi connectivity index (χ3v) is 3.10. The maximum atomic E-state index is 11.2. The molecule has 84 valence electrons. The van der Waals surface area contributed by atoms with Gasteiger partial charge in [-0.25, -0.2) is 10.4 Å². The predicted octanol–water partition coefficient (Wildman–Crippen LogP) is 1.80. The van der Waals surface area contributed by atoms with Crippen molar-refractivity contribution < 1.29 is 4.79 Å². The Balaban J connectivity index is 2.44. The lowest BCUT2D eigenvalue weighted by Crippen LogP contribution is -2.23. The minimum absolute atomic E-state index is 0.0320. The summed E-state index contributed by atoms with van der Waals surface area (Å²) in [7, 11) is 0. The van der Waals surface area contributed by atoms with Gasteiger partial charge in [0.1, 0.15) is 5.69 Å². The predicted molar refractivity (Wildman–Crippen MR) is 71.1 cm³/mol. The summed E-state index contributed by atoms with van der Waals surface area (Å²) in [4.78, 5) is 15.5. The lowest BCUT2D eigenvalue weighted by atomic mass is 10.1. The van der Waals surface area contributed by atoms with Gasteiger partial charge in [0.15, 0.2) is 0 Å². The number of rotatable bonds is 2. The fraction of sp³-hybridized carbons (Fsp3) is 0.273. The Bertz CT molecular complexity index is 482. The van der Waals surface area contributed by atoms with Crippen molar-refractivity contribution in [3.63, 3.8) is 0 Å². The summed E-state index contributed by atoms with van der Waals surface area (Å²) < 4.78 is -0.0320. The highest BCUT2D eigenvalue weighted by Crippen LogP contribution is 2.21. The molecule has 0 fully saturated rings. The van der Waals surface area contributed by atoms with Gasteiger partial charge in [-0.15, -0.1) is 0 Å². The van der Waals surface area contributed by atoms with E-state index in [1.807, 2.05) is 13.0 Å². The Labute approximate surface area is 108 Å². The molecule has 0 spiro atoms. The second-order valence-electron chi connectivity index (χ2n) is 3.74. The molecule has 0 unspecified atom stereocenters. The number of hydrazine groups is 1. The quantitative estimate of drug-likeness (QED) is 0.642. The van der Waals surface area contributed by atoms with Crippen LogP contribution in [0.1, 0.15) is 28.7 Å². The maximum absolute atomic E-state index is 11.2. The Kier molecular flexibility index (Phi) is 3.25. The minimum atomic E-state index is -0.0320. The minimum Gasteiger partial charge on any atom is -0.321 e. The van der Waals surface area contributed by atoms with E-state index in [-0.39, 0.29) is 3.79 Å². The van der Waals surface area contributed by atoms with E-state index in [2.05, 4.69) is 22.8 Å². The van der Waals surface area contributed by atoms with Crippen LogP contribution in [0.4, 0.5) is 0 Å². The zero-order chi connectivity index (χ0) is 11.7. The first-order valence-electron chi connectivity index (χ1n) is 4.96. The van der Waals surface area contributed by atoms with Crippen molar-refractivity contribution in [3.8, 4) is 0 Å². The average molecular weight is 329 g/mol. The molecular formula is C11H12IN3O. The maximum Gasteiger partial charge on any atom is 0.240 e. The highest BCUT2D eigenvalue weighted by molar-refractivity contribution is 14.1. The molecule has 1 aromatic heterocycles. The first-order valence-corrected chi connectivity index (χ1v) is 6.04. The molecule has 0 amide bonds. The number of halogens is 1. The normalized spacial score (nSPS) is 15.2. The van der Waals surface area contributed by atoms with Crippen molar-refractivity contribution in [3.05, 3.63) is 34.7 Å². The second kappa shape index (κ2) is 4.50. The van der Waals surface area contributed by atoms with Gasteiger partial charge in [0.2, 0.25) is 3.79 Å². The van der Waals surface area contributed by atoms with Gasteiger partial charge >= 0.3 is 0 Å². The number of aryl methyl sites for hydroxylation is 1. The number of hydrogen-bond donors (Lipinski definition) is 2. The summed E-state index contributed by atoms with van der Waals surface area (Å²) in [6.45, 7) is 4.82. The molecule has 1 aliphatic rings. The molecule has 4 nitrogen and oxygen atoms in total. The number of nitrogens with one attached hydrogen (secondary N) is 2. The molecule has 2 heterocycles. The Morgan fingerprint density at radius 3 is 2.69 bits per heavy atom. The lowest BCUT2D eigenvalue weighted by molar-refractivity contribution is 0.110. The molecule has 2 rings (SSSR count). The van der Waals surface area contributed by atoms with E-state index >= 15 is 0 Å². The van der Waals surface area contributed by atoms with E-state index in [0.717, 1.165) is 23.5 Å².